The first-order chi connectivity index (χ1) is 16.2. The number of ether oxygens (including phenoxy) is 1. The van der Waals surface area contributed by atoms with E-state index in [9.17, 15) is 13.2 Å². The number of anilines is 1. The summed E-state index contributed by atoms with van der Waals surface area (Å²) in [5.74, 6) is 0.389. The molecule has 1 fully saturated rings. The SMILES string of the molecule is COc1cc(-c2n[nH]c(-c3nc(C)c(N4CCN(C)CC4)s3)c2CC(F)(F)F)cn2ncnc12. The Balaban J connectivity index is 1.59. The van der Waals surface area contributed by atoms with Crippen molar-refractivity contribution < 1.29 is 17.9 Å². The largest absolute Gasteiger partial charge is 0.493 e. The van der Waals surface area contributed by atoms with Gasteiger partial charge in [0.1, 0.15) is 16.3 Å². The standard InChI is InChI=1S/C21H23F3N8OS/c1-12-20(31-6-4-30(2)5-7-31)34-19(27-12)17-14(9-21(22,23)24)16(28-29-17)13-8-15(33-3)18-25-11-26-32(18)10-13/h8,10-11H,4-7,9H2,1-3H3,(H,28,29). The first kappa shape index (κ1) is 22.6. The van der Waals surface area contributed by atoms with E-state index in [0.717, 1.165) is 36.9 Å². The van der Waals surface area contributed by atoms with Crippen molar-refractivity contribution in [2.45, 2.75) is 19.5 Å². The van der Waals surface area contributed by atoms with E-state index in [1.807, 2.05) is 6.92 Å². The van der Waals surface area contributed by atoms with Crippen molar-refractivity contribution in [3.05, 3.63) is 29.8 Å². The molecular weight excluding hydrogens is 469 g/mol. The average molecular weight is 493 g/mol. The molecule has 5 rings (SSSR count). The Morgan fingerprint density at radius 1 is 1.21 bits per heavy atom. The third kappa shape index (κ3) is 4.20. The number of nitrogens with one attached hydrogen (secondary N) is 1. The maximum atomic E-state index is 13.6. The molecule has 0 radical (unpaired) electrons. The summed E-state index contributed by atoms with van der Waals surface area (Å²) >= 11 is 1.39. The molecule has 0 saturated carbocycles. The number of aromatic nitrogens is 6. The molecule has 9 nitrogen and oxygen atoms in total. The predicted molar refractivity (Wildman–Crippen MR) is 122 cm³/mol. The lowest BCUT2D eigenvalue weighted by Gasteiger charge is -2.33. The van der Waals surface area contributed by atoms with Gasteiger partial charge >= 0.3 is 6.18 Å². The second kappa shape index (κ2) is 8.55. The molecule has 1 saturated heterocycles. The van der Waals surface area contributed by atoms with Gasteiger partial charge in [-0.15, -0.1) is 0 Å². The Morgan fingerprint density at radius 2 is 1.97 bits per heavy atom. The van der Waals surface area contributed by atoms with Crippen LogP contribution in [0.15, 0.2) is 18.6 Å². The van der Waals surface area contributed by atoms with Crippen LogP contribution >= 0.6 is 11.3 Å². The van der Waals surface area contributed by atoms with Crippen molar-refractivity contribution in [2.24, 2.45) is 0 Å². The smallest absolute Gasteiger partial charge is 0.393 e. The van der Waals surface area contributed by atoms with E-state index in [1.165, 1.54) is 29.3 Å². The molecule has 4 aromatic rings. The van der Waals surface area contributed by atoms with Crippen molar-refractivity contribution in [3.8, 4) is 27.7 Å². The Kier molecular flexibility index (Phi) is 5.68. The lowest BCUT2D eigenvalue weighted by atomic mass is 10.0. The fourth-order valence-electron chi connectivity index (χ4n) is 4.13. The Labute approximate surface area is 197 Å². The van der Waals surface area contributed by atoms with Crippen LogP contribution in [0.1, 0.15) is 11.3 Å². The van der Waals surface area contributed by atoms with Gasteiger partial charge in [-0.1, -0.05) is 11.3 Å². The van der Waals surface area contributed by atoms with Gasteiger partial charge in [-0.05, 0) is 20.0 Å². The second-order valence-corrected chi connectivity index (χ2v) is 9.22. The third-order valence-corrected chi connectivity index (χ3v) is 7.09. The summed E-state index contributed by atoms with van der Waals surface area (Å²) in [6.07, 6.45) is -2.63. The molecule has 5 heterocycles. The molecule has 0 aromatic carbocycles. The van der Waals surface area contributed by atoms with Crippen molar-refractivity contribution in [3.63, 3.8) is 0 Å². The van der Waals surface area contributed by atoms with Crippen LogP contribution < -0.4 is 9.64 Å². The van der Waals surface area contributed by atoms with Gasteiger partial charge < -0.3 is 14.5 Å². The number of aromatic amines is 1. The van der Waals surface area contributed by atoms with Gasteiger partial charge in [-0.25, -0.2) is 14.5 Å². The van der Waals surface area contributed by atoms with E-state index in [0.29, 0.717) is 22.0 Å². The minimum absolute atomic E-state index is 0.0349. The number of fused-ring (bicyclic) bond motifs is 1. The molecule has 0 unspecified atom stereocenters. The molecule has 0 atom stereocenters. The molecular formula is C21H23F3N8OS. The number of thiazole rings is 1. The van der Waals surface area contributed by atoms with E-state index in [-0.39, 0.29) is 17.0 Å². The van der Waals surface area contributed by atoms with Gasteiger partial charge in [0.2, 0.25) is 0 Å². The van der Waals surface area contributed by atoms with Crippen LogP contribution in [0.4, 0.5) is 18.2 Å². The van der Waals surface area contributed by atoms with Crippen molar-refractivity contribution in [1.82, 2.24) is 34.7 Å². The predicted octanol–water partition coefficient (Wildman–Crippen LogP) is 3.42. The number of H-pyrrole nitrogens is 1. The summed E-state index contributed by atoms with van der Waals surface area (Å²) < 4.78 is 47.8. The van der Waals surface area contributed by atoms with Gasteiger partial charge in [0.15, 0.2) is 11.4 Å². The van der Waals surface area contributed by atoms with Gasteiger partial charge in [0.25, 0.3) is 0 Å². The molecule has 0 bridgehead atoms. The third-order valence-electron chi connectivity index (χ3n) is 5.86. The number of pyridine rings is 1. The van der Waals surface area contributed by atoms with Gasteiger partial charge in [-0.3, -0.25) is 5.10 Å². The average Bonchev–Trinajstić information content (AvgIpc) is 3.51. The van der Waals surface area contributed by atoms with Crippen LogP contribution in [-0.2, 0) is 6.42 Å². The van der Waals surface area contributed by atoms with Crippen LogP contribution in [0.3, 0.4) is 0 Å². The molecule has 0 amide bonds. The first-order valence-electron chi connectivity index (χ1n) is 10.7. The molecule has 1 aliphatic heterocycles. The molecule has 1 N–H and O–H groups in total. The quantitative estimate of drug-likeness (QED) is 0.457. The molecule has 13 heteroatoms. The topological polar surface area (TPSA) is 87.5 Å². The first-order valence-corrected chi connectivity index (χ1v) is 11.5. The highest BCUT2D eigenvalue weighted by Crippen LogP contribution is 2.40. The number of aryl methyl sites for hydroxylation is 1. The number of methoxy groups -OCH3 is 1. The lowest BCUT2D eigenvalue weighted by Crippen LogP contribution is -2.44. The monoisotopic (exact) mass is 492 g/mol. The maximum absolute atomic E-state index is 13.6. The highest BCUT2D eigenvalue weighted by molar-refractivity contribution is 7.19. The molecule has 1 aliphatic rings. The van der Waals surface area contributed by atoms with Gasteiger partial charge in [-0.2, -0.15) is 23.4 Å². The summed E-state index contributed by atoms with van der Waals surface area (Å²) in [7, 11) is 3.54. The maximum Gasteiger partial charge on any atom is 0.393 e. The Bertz CT molecular complexity index is 1320. The van der Waals surface area contributed by atoms with Crippen molar-refractivity contribution in [1.29, 1.82) is 0 Å². The number of halogens is 3. The van der Waals surface area contributed by atoms with Gasteiger partial charge in [0, 0.05) is 43.5 Å². The summed E-state index contributed by atoms with van der Waals surface area (Å²) in [6, 6.07) is 1.62. The van der Waals surface area contributed by atoms with Crippen LogP contribution in [0.5, 0.6) is 5.75 Å². The highest BCUT2D eigenvalue weighted by atomic mass is 32.1. The number of likely N-dealkylation sites (N-methyl/N-ethyl adjacent to an activating group) is 1. The minimum Gasteiger partial charge on any atom is -0.493 e. The summed E-state index contributed by atoms with van der Waals surface area (Å²) in [4.78, 5) is 13.2. The Hall–Kier alpha value is -3.19. The van der Waals surface area contributed by atoms with Crippen LogP contribution in [0, 0.1) is 6.92 Å². The Morgan fingerprint density at radius 3 is 2.68 bits per heavy atom. The normalized spacial score (nSPS) is 15.4. The number of nitrogens with zero attached hydrogens (tertiary/aromatic N) is 7. The van der Waals surface area contributed by atoms with Crippen LogP contribution in [0.25, 0.3) is 27.6 Å². The molecule has 4 aromatic heterocycles. The molecule has 34 heavy (non-hydrogen) atoms. The van der Waals surface area contributed by atoms with Crippen LogP contribution in [0.2, 0.25) is 0 Å². The lowest BCUT2D eigenvalue weighted by molar-refractivity contribution is -0.127. The van der Waals surface area contributed by atoms with Crippen molar-refractivity contribution >= 4 is 22.0 Å². The van der Waals surface area contributed by atoms with Gasteiger partial charge in [0.05, 0.1) is 30.6 Å². The number of rotatable bonds is 5. The van der Waals surface area contributed by atoms with E-state index >= 15 is 0 Å². The number of hydrogen-bond donors (Lipinski definition) is 1. The van der Waals surface area contributed by atoms with Crippen molar-refractivity contribution in [2.75, 3.05) is 45.2 Å². The number of alkyl halides is 3. The van der Waals surface area contributed by atoms with E-state index in [2.05, 4.69) is 42.1 Å². The summed E-state index contributed by atoms with van der Waals surface area (Å²) in [5.41, 5.74) is 2.18. The summed E-state index contributed by atoms with van der Waals surface area (Å²) in [5, 5.41) is 12.7. The van der Waals surface area contributed by atoms with E-state index < -0.39 is 12.6 Å². The zero-order valence-electron chi connectivity index (χ0n) is 18.8. The highest BCUT2D eigenvalue weighted by Gasteiger charge is 2.34. The number of hydrogen-bond acceptors (Lipinski definition) is 8. The fraction of sp³-hybridized carbons (Fsp3) is 0.429. The molecule has 0 aliphatic carbocycles. The molecule has 180 valence electrons. The zero-order chi connectivity index (χ0) is 24.0. The summed E-state index contributed by atoms with van der Waals surface area (Å²) in [6.45, 7) is 5.43. The van der Waals surface area contributed by atoms with E-state index in [4.69, 9.17) is 4.74 Å². The second-order valence-electron chi connectivity index (χ2n) is 8.24. The fourth-order valence-corrected chi connectivity index (χ4v) is 5.27. The number of piperazine rings is 1. The minimum atomic E-state index is -4.43. The zero-order valence-corrected chi connectivity index (χ0v) is 19.7. The van der Waals surface area contributed by atoms with Crippen LogP contribution in [-0.4, -0.2) is 81.2 Å². The van der Waals surface area contributed by atoms with E-state index in [1.54, 1.807) is 12.3 Å². The molecule has 0 spiro atoms.